The van der Waals surface area contributed by atoms with E-state index in [-0.39, 0.29) is 66.8 Å². The molecule has 0 saturated carbocycles. The van der Waals surface area contributed by atoms with Crippen LogP contribution in [0.1, 0.15) is 51.1 Å². The van der Waals surface area contributed by atoms with E-state index < -0.39 is 67.9 Å². The lowest BCUT2D eigenvalue weighted by Crippen LogP contribution is -2.45. The number of hydrogen-bond acceptors (Lipinski definition) is 14. The van der Waals surface area contributed by atoms with Gasteiger partial charge in [-0.15, -0.1) is 0 Å². The van der Waals surface area contributed by atoms with Gasteiger partial charge in [0.25, 0.3) is 23.6 Å². The maximum Gasteiger partial charge on any atom is 0.534 e. The lowest BCUT2D eigenvalue weighted by Gasteiger charge is -2.34. The molecule has 0 unspecified atom stereocenters. The number of amides is 4. The van der Waals surface area contributed by atoms with Crippen LogP contribution in [0.4, 0.5) is 30.2 Å². The van der Waals surface area contributed by atoms with E-state index in [1.54, 1.807) is 25.3 Å². The monoisotopic (exact) mass is 1130 g/mol. The zero-order valence-electron chi connectivity index (χ0n) is 45.2. The van der Waals surface area contributed by atoms with Crippen LogP contribution >= 0.6 is 0 Å². The Morgan fingerprint density at radius 3 is 1.73 bits per heavy atom. The predicted molar refractivity (Wildman–Crippen MR) is 290 cm³/mol. The van der Waals surface area contributed by atoms with Gasteiger partial charge in [0.15, 0.2) is 11.5 Å². The first-order chi connectivity index (χ1) is 36.2. The first-order valence-electron chi connectivity index (χ1n) is 25.8. The molecule has 3 aromatic carbocycles. The number of ether oxygens (including phenoxy) is 5. The van der Waals surface area contributed by atoms with Gasteiger partial charge in [0.2, 0.25) is 0 Å². The third-order valence-corrected chi connectivity index (χ3v) is 18.5. The second-order valence-electron chi connectivity index (χ2n) is 22.4. The average Bonchev–Trinajstić information content (AvgIpc) is 4.00. The SMILES string of the molecule is COc1cc2c(cc1OCCCOc1cc3c(cc1C)C(=O)N1C=C(OS(=O)(=O)C(F)(F)F)C[C@H]1C(=O)N3COCC[Si](C)(C)C)N(COCC[Si](C)(C)C)C(=O)[C@@H]1CC(c3ccc(N4CCN(C)CC4)cc3)=CN1C2=O. The zero-order valence-corrected chi connectivity index (χ0v) is 48.0. The molecular formula is C53H69F3N6O12SSi2. The van der Waals surface area contributed by atoms with Gasteiger partial charge in [-0.25, -0.2) is 0 Å². The largest absolute Gasteiger partial charge is 0.534 e. The Labute approximate surface area is 450 Å². The van der Waals surface area contributed by atoms with Gasteiger partial charge in [0.05, 0.1) is 42.8 Å². The molecular weight excluding hydrogens is 1060 g/mol. The summed E-state index contributed by atoms with van der Waals surface area (Å²) in [5, 5.41) is 0. The van der Waals surface area contributed by atoms with Gasteiger partial charge in [0.1, 0.15) is 37.1 Å². The van der Waals surface area contributed by atoms with Crippen LogP contribution in [0.3, 0.4) is 0 Å². The van der Waals surface area contributed by atoms with Gasteiger partial charge in [-0.05, 0) is 67.0 Å². The van der Waals surface area contributed by atoms with Gasteiger partial charge < -0.3 is 42.6 Å². The van der Waals surface area contributed by atoms with Crippen molar-refractivity contribution in [1.82, 2.24) is 14.7 Å². The number of fused-ring (bicyclic) bond motifs is 4. The molecule has 8 rings (SSSR count). The molecule has 3 aromatic rings. The molecule has 2 atom stereocenters. The standard InChI is InChI=1S/C53H69F3N6O12SSi2/c1-35-25-40-42(61(33-70-21-23-76(4,5)6)52(66)45-27-39(32-60(45)49(40)63)74-75(67,68)53(54,55)56)29-46(35)72-19-10-20-73-48-30-43-41(28-47(48)69-3)50(64)59-31-37(26-44(59)51(65)62(43)34-71-22-24-77(7,8)9)36-11-13-38(14-12-36)58-17-15-57(2)16-18-58/h11-14,25,28-32,44-45H,10,15-24,26-27,33-34H2,1-9H3/t44-,45-/m0/s1. The number of hydrogen-bond donors (Lipinski definition) is 0. The van der Waals surface area contributed by atoms with Crippen LogP contribution in [0, 0.1) is 6.92 Å². The molecule has 0 bridgehead atoms. The van der Waals surface area contributed by atoms with E-state index >= 15 is 0 Å². The molecule has 77 heavy (non-hydrogen) atoms. The third-order valence-electron chi connectivity index (χ3n) is 14.1. The third kappa shape index (κ3) is 13.0. The van der Waals surface area contributed by atoms with Crippen molar-refractivity contribution in [2.45, 2.75) is 95.1 Å². The number of halogens is 3. The topological polar surface area (TPSA) is 177 Å². The summed E-state index contributed by atoms with van der Waals surface area (Å²) in [6, 6.07) is 13.9. The van der Waals surface area contributed by atoms with Crippen molar-refractivity contribution >= 4 is 72.5 Å². The molecule has 0 aliphatic carbocycles. The molecule has 4 amide bonds. The average molecular weight is 1130 g/mol. The summed E-state index contributed by atoms with van der Waals surface area (Å²) in [7, 11) is -5.56. The minimum absolute atomic E-state index is 0.00475. The van der Waals surface area contributed by atoms with Crippen LogP contribution in [-0.4, -0.2) is 161 Å². The lowest BCUT2D eigenvalue weighted by atomic mass is 10.0. The van der Waals surface area contributed by atoms with Crippen molar-refractivity contribution in [1.29, 1.82) is 0 Å². The number of likely N-dealkylation sites (N-methyl/N-ethyl adjacent to an activating group) is 1. The number of anilines is 3. The van der Waals surface area contributed by atoms with Crippen LogP contribution in [0.15, 0.2) is 66.7 Å². The number of carbonyl (C=O) groups excluding carboxylic acids is 4. The summed E-state index contributed by atoms with van der Waals surface area (Å²) in [5.41, 5.74) is -1.61. The minimum Gasteiger partial charge on any atom is -0.493 e. The number of nitrogens with zero attached hydrogens (tertiary/aromatic N) is 6. The quantitative estimate of drug-likeness (QED) is 0.0433. The summed E-state index contributed by atoms with van der Waals surface area (Å²) in [4.78, 5) is 67.5. The van der Waals surface area contributed by atoms with E-state index in [4.69, 9.17) is 23.7 Å². The Hall–Kier alpha value is -5.93. The van der Waals surface area contributed by atoms with Gasteiger partial charge in [-0.3, -0.25) is 33.9 Å². The predicted octanol–water partition coefficient (Wildman–Crippen LogP) is 8.10. The maximum absolute atomic E-state index is 14.7. The van der Waals surface area contributed by atoms with Crippen molar-refractivity contribution < 1.29 is 68.6 Å². The Morgan fingerprint density at radius 2 is 1.18 bits per heavy atom. The van der Waals surface area contributed by atoms with Crippen molar-refractivity contribution in [3.05, 3.63) is 88.9 Å². The van der Waals surface area contributed by atoms with Crippen LogP contribution < -0.4 is 28.9 Å². The van der Waals surface area contributed by atoms with Crippen LogP contribution in [0.2, 0.25) is 51.4 Å². The molecule has 24 heteroatoms. The fourth-order valence-corrected chi connectivity index (χ4v) is 11.5. The fourth-order valence-electron chi connectivity index (χ4n) is 9.48. The van der Waals surface area contributed by atoms with E-state index in [0.29, 0.717) is 43.1 Å². The van der Waals surface area contributed by atoms with Gasteiger partial charge >= 0.3 is 15.6 Å². The maximum atomic E-state index is 14.7. The molecule has 0 aromatic heterocycles. The number of aryl methyl sites for hydroxylation is 1. The van der Waals surface area contributed by atoms with Gasteiger partial charge in [-0.1, -0.05) is 51.4 Å². The molecule has 0 N–H and O–H groups in total. The molecule has 1 fully saturated rings. The van der Waals surface area contributed by atoms with Crippen molar-refractivity contribution in [3.8, 4) is 17.2 Å². The van der Waals surface area contributed by atoms with E-state index in [1.807, 2.05) is 12.1 Å². The fraction of sp³-hybridized carbons (Fsp3) is 0.509. The van der Waals surface area contributed by atoms with Gasteiger partial charge in [-0.2, -0.15) is 21.6 Å². The highest BCUT2D eigenvalue weighted by Crippen LogP contribution is 2.43. The number of alkyl halides is 3. The number of benzene rings is 3. The van der Waals surface area contributed by atoms with Crippen LogP contribution in [0.5, 0.6) is 17.2 Å². The highest BCUT2D eigenvalue weighted by atomic mass is 32.2. The minimum atomic E-state index is -6.07. The van der Waals surface area contributed by atoms with Crippen molar-refractivity contribution in [3.63, 3.8) is 0 Å². The molecule has 0 radical (unpaired) electrons. The number of rotatable bonds is 21. The second kappa shape index (κ2) is 22.8. The Kier molecular flexibility index (Phi) is 17.0. The zero-order chi connectivity index (χ0) is 55.8. The Bertz CT molecular complexity index is 2920. The first kappa shape index (κ1) is 57.3. The molecule has 5 aliphatic rings. The lowest BCUT2D eigenvalue weighted by molar-refractivity contribution is -0.123. The molecule has 0 spiro atoms. The summed E-state index contributed by atoms with van der Waals surface area (Å²) < 4.78 is 98.4. The first-order valence-corrected chi connectivity index (χ1v) is 34.6. The summed E-state index contributed by atoms with van der Waals surface area (Å²) in [6.07, 6.45) is 2.59. The summed E-state index contributed by atoms with van der Waals surface area (Å²) in [5.74, 6) is -2.01. The van der Waals surface area contributed by atoms with Crippen molar-refractivity contribution in [2.24, 2.45) is 0 Å². The highest BCUT2D eigenvalue weighted by Gasteiger charge is 2.51. The van der Waals surface area contributed by atoms with Crippen LogP contribution in [0.25, 0.3) is 5.57 Å². The Morgan fingerprint density at radius 1 is 0.662 bits per heavy atom. The highest BCUT2D eigenvalue weighted by molar-refractivity contribution is 7.87. The number of piperazine rings is 1. The number of methoxy groups -OCH3 is 1. The molecule has 5 heterocycles. The van der Waals surface area contributed by atoms with E-state index in [1.165, 1.54) is 33.9 Å². The van der Waals surface area contributed by atoms with Gasteiger partial charge in [0, 0.05) is 105 Å². The van der Waals surface area contributed by atoms with E-state index in [0.717, 1.165) is 66.2 Å². The van der Waals surface area contributed by atoms with Crippen molar-refractivity contribution in [2.75, 3.05) is 94.9 Å². The number of carbonyl (C=O) groups is 4. The summed E-state index contributed by atoms with van der Waals surface area (Å²) in [6.45, 7) is 19.2. The molecule has 1 saturated heterocycles. The summed E-state index contributed by atoms with van der Waals surface area (Å²) >= 11 is 0. The smallest absolute Gasteiger partial charge is 0.493 e. The molecule has 18 nitrogen and oxygen atoms in total. The van der Waals surface area contributed by atoms with E-state index in [9.17, 15) is 40.8 Å². The molecule has 418 valence electrons. The Balaban J connectivity index is 0.994. The molecule has 5 aliphatic heterocycles. The normalized spacial score (nSPS) is 19.4. The second-order valence-corrected chi connectivity index (χ2v) is 35.1. The van der Waals surface area contributed by atoms with E-state index in [2.05, 4.69) is 72.4 Å². The van der Waals surface area contributed by atoms with Crippen LogP contribution in [-0.2, 0) is 33.4 Å².